The monoisotopic (exact) mass is 264 g/mol. The molecule has 5 heteroatoms. The second-order valence-corrected chi connectivity index (χ2v) is 4.13. The van der Waals surface area contributed by atoms with Crippen molar-refractivity contribution in [2.24, 2.45) is 0 Å². The molecule has 3 nitrogen and oxygen atoms in total. The van der Waals surface area contributed by atoms with E-state index in [4.69, 9.17) is 11.6 Å². The first-order chi connectivity index (χ1) is 8.59. The van der Waals surface area contributed by atoms with E-state index < -0.39 is 11.7 Å². The summed E-state index contributed by atoms with van der Waals surface area (Å²) in [7, 11) is 0. The van der Waals surface area contributed by atoms with Crippen LogP contribution in [-0.4, -0.2) is 10.9 Å². The van der Waals surface area contributed by atoms with E-state index in [2.05, 4.69) is 10.3 Å². The van der Waals surface area contributed by atoms with Crippen molar-refractivity contribution in [3.05, 3.63) is 58.5 Å². The molecule has 1 N–H and O–H groups in total. The molecule has 0 radical (unpaired) electrons. The minimum absolute atomic E-state index is 0.0308. The van der Waals surface area contributed by atoms with Crippen molar-refractivity contribution in [1.82, 2.24) is 4.98 Å². The Kier molecular flexibility index (Phi) is 3.58. The molecule has 0 saturated heterocycles. The molecule has 0 saturated carbocycles. The highest BCUT2D eigenvalue weighted by atomic mass is 35.5. The second kappa shape index (κ2) is 5.14. The first-order valence-electron chi connectivity index (χ1n) is 5.26. The summed E-state index contributed by atoms with van der Waals surface area (Å²) in [4.78, 5) is 15.8. The summed E-state index contributed by atoms with van der Waals surface area (Å²) in [5.74, 6) is -0.899. The molecule has 0 fully saturated rings. The number of carbonyl (C=O) groups excluding carboxylic acids is 1. The van der Waals surface area contributed by atoms with Gasteiger partial charge < -0.3 is 5.32 Å². The van der Waals surface area contributed by atoms with Crippen molar-refractivity contribution in [2.75, 3.05) is 5.32 Å². The molecular weight excluding hydrogens is 255 g/mol. The highest BCUT2D eigenvalue weighted by Gasteiger charge is 2.14. The minimum atomic E-state index is -0.572. The molecule has 1 amide bonds. The predicted octanol–water partition coefficient (Wildman–Crippen LogP) is 3.43. The predicted molar refractivity (Wildman–Crippen MR) is 68.3 cm³/mol. The number of halogens is 2. The standard InChI is InChI=1S/C13H10ClFN2O/c1-8-4-2-5-9(11(8)15)13(18)17-12-10(14)6-3-7-16-12/h2-7H,1H3,(H,16,17,18). The number of nitrogens with zero attached hydrogens (tertiary/aromatic N) is 1. The highest BCUT2D eigenvalue weighted by molar-refractivity contribution is 6.33. The largest absolute Gasteiger partial charge is 0.305 e. The molecule has 0 aliphatic heterocycles. The lowest BCUT2D eigenvalue weighted by atomic mass is 10.1. The van der Waals surface area contributed by atoms with Gasteiger partial charge in [0.05, 0.1) is 10.6 Å². The number of aryl methyl sites for hydroxylation is 1. The third-order valence-electron chi connectivity index (χ3n) is 2.43. The van der Waals surface area contributed by atoms with Gasteiger partial charge in [-0.15, -0.1) is 0 Å². The Hall–Kier alpha value is -1.94. The number of aromatic nitrogens is 1. The quantitative estimate of drug-likeness (QED) is 0.903. The zero-order valence-corrected chi connectivity index (χ0v) is 10.3. The summed E-state index contributed by atoms with van der Waals surface area (Å²) in [6.07, 6.45) is 1.49. The van der Waals surface area contributed by atoms with Crippen LogP contribution < -0.4 is 5.32 Å². The molecule has 0 bridgehead atoms. The number of hydrogen-bond donors (Lipinski definition) is 1. The van der Waals surface area contributed by atoms with Crippen molar-refractivity contribution in [3.8, 4) is 0 Å². The van der Waals surface area contributed by atoms with E-state index in [9.17, 15) is 9.18 Å². The lowest BCUT2D eigenvalue weighted by Gasteiger charge is -2.07. The maximum Gasteiger partial charge on any atom is 0.259 e. The van der Waals surface area contributed by atoms with Crippen molar-refractivity contribution in [1.29, 1.82) is 0 Å². The normalized spacial score (nSPS) is 10.2. The molecular formula is C13H10ClFN2O. The maximum atomic E-state index is 13.7. The zero-order valence-electron chi connectivity index (χ0n) is 9.58. The van der Waals surface area contributed by atoms with E-state index in [-0.39, 0.29) is 11.4 Å². The van der Waals surface area contributed by atoms with Crippen LogP contribution in [0.3, 0.4) is 0 Å². The summed E-state index contributed by atoms with van der Waals surface area (Å²) in [5, 5.41) is 2.78. The van der Waals surface area contributed by atoms with Crippen LogP contribution in [0.2, 0.25) is 5.02 Å². The fourth-order valence-electron chi connectivity index (χ4n) is 1.48. The summed E-state index contributed by atoms with van der Waals surface area (Å²) >= 11 is 5.86. The molecule has 0 spiro atoms. The van der Waals surface area contributed by atoms with Gasteiger partial charge in [-0.25, -0.2) is 9.37 Å². The van der Waals surface area contributed by atoms with Crippen LogP contribution in [0.15, 0.2) is 36.5 Å². The fraction of sp³-hybridized carbons (Fsp3) is 0.0769. The highest BCUT2D eigenvalue weighted by Crippen LogP contribution is 2.19. The van der Waals surface area contributed by atoms with Gasteiger partial charge in [0.1, 0.15) is 5.82 Å². The van der Waals surface area contributed by atoms with Crippen molar-refractivity contribution < 1.29 is 9.18 Å². The number of rotatable bonds is 2. The van der Waals surface area contributed by atoms with Crippen LogP contribution in [-0.2, 0) is 0 Å². The van der Waals surface area contributed by atoms with Crippen LogP contribution in [0, 0.1) is 12.7 Å². The SMILES string of the molecule is Cc1cccc(C(=O)Nc2ncccc2Cl)c1F. The third kappa shape index (κ3) is 2.49. The van der Waals surface area contributed by atoms with Gasteiger partial charge in [-0.05, 0) is 30.7 Å². The van der Waals surface area contributed by atoms with Gasteiger partial charge in [-0.2, -0.15) is 0 Å². The molecule has 0 aliphatic carbocycles. The van der Waals surface area contributed by atoms with E-state index >= 15 is 0 Å². The number of amides is 1. The number of anilines is 1. The fourth-order valence-corrected chi connectivity index (χ4v) is 1.64. The first kappa shape index (κ1) is 12.5. The van der Waals surface area contributed by atoms with Gasteiger partial charge in [0.15, 0.2) is 5.82 Å². The Balaban J connectivity index is 2.28. The van der Waals surface area contributed by atoms with Crippen LogP contribution in [0.1, 0.15) is 15.9 Å². The Morgan fingerprint density at radius 2 is 2.11 bits per heavy atom. The minimum Gasteiger partial charge on any atom is -0.305 e. The summed E-state index contributed by atoms with van der Waals surface area (Å²) in [5.41, 5.74) is 0.381. The Bertz CT molecular complexity index is 601. The van der Waals surface area contributed by atoms with E-state index in [1.807, 2.05) is 0 Å². The number of nitrogens with one attached hydrogen (secondary N) is 1. The molecule has 2 rings (SSSR count). The Morgan fingerprint density at radius 3 is 2.83 bits per heavy atom. The molecule has 18 heavy (non-hydrogen) atoms. The lowest BCUT2D eigenvalue weighted by molar-refractivity contribution is 0.102. The summed E-state index contributed by atoms with van der Waals surface area (Å²) in [6, 6.07) is 7.86. The van der Waals surface area contributed by atoms with Gasteiger partial charge in [0, 0.05) is 6.20 Å². The van der Waals surface area contributed by atoms with Gasteiger partial charge in [0.2, 0.25) is 0 Å². The number of hydrogen-bond acceptors (Lipinski definition) is 2. The Labute approximate surface area is 109 Å². The van der Waals surface area contributed by atoms with Crippen LogP contribution in [0.4, 0.5) is 10.2 Å². The molecule has 2 aromatic rings. The van der Waals surface area contributed by atoms with Crippen molar-refractivity contribution in [3.63, 3.8) is 0 Å². The smallest absolute Gasteiger partial charge is 0.259 e. The van der Waals surface area contributed by atoms with Gasteiger partial charge >= 0.3 is 0 Å². The number of pyridine rings is 1. The third-order valence-corrected chi connectivity index (χ3v) is 2.73. The lowest BCUT2D eigenvalue weighted by Crippen LogP contribution is -2.15. The molecule has 0 atom stereocenters. The van der Waals surface area contributed by atoms with E-state index in [0.717, 1.165) is 0 Å². The second-order valence-electron chi connectivity index (χ2n) is 3.72. The van der Waals surface area contributed by atoms with Crippen molar-refractivity contribution >= 4 is 23.3 Å². The summed E-state index contributed by atoms with van der Waals surface area (Å²) in [6.45, 7) is 1.60. The topological polar surface area (TPSA) is 42.0 Å². The zero-order chi connectivity index (χ0) is 13.1. The van der Waals surface area contributed by atoms with Crippen LogP contribution in [0.5, 0.6) is 0 Å². The maximum absolute atomic E-state index is 13.7. The number of benzene rings is 1. The van der Waals surface area contributed by atoms with Gasteiger partial charge in [0.25, 0.3) is 5.91 Å². The van der Waals surface area contributed by atoms with Crippen LogP contribution >= 0.6 is 11.6 Å². The van der Waals surface area contributed by atoms with Crippen LogP contribution in [0.25, 0.3) is 0 Å². The Morgan fingerprint density at radius 1 is 1.33 bits per heavy atom. The van der Waals surface area contributed by atoms with Crippen molar-refractivity contribution in [2.45, 2.75) is 6.92 Å². The summed E-state index contributed by atoms with van der Waals surface area (Å²) < 4.78 is 13.7. The molecule has 0 aliphatic rings. The van der Waals surface area contributed by atoms with E-state index in [1.54, 1.807) is 31.2 Å². The molecule has 1 aromatic carbocycles. The van der Waals surface area contributed by atoms with E-state index in [0.29, 0.717) is 10.6 Å². The first-order valence-corrected chi connectivity index (χ1v) is 5.64. The molecule has 0 unspecified atom stereocenters. The average molecular weight is 265 g/mol. The van der Waals surface area contributed by atoms with Gasteiger partial charge in [-0.1, -0.05) is 23.7 Å². The molecule has 1 aromatic heterocycles. The van der Waals surface area contributed by atoms with Gasteiger partial charge in [-0.3, -0.25) is 4.79 Å². The number of carbonyl (C=O) groups is 1. The van der Waals surface area contributed by atoms with E-state index in [1.165, 1.54) is 12.3 Å². The molecule has 92 valence electrons. The average Bonchev–Trinajstić information content (AvgIpc) is 2.35. The molecule has 1 heterocycles.